The first-order chi connectivity index (χ1) is 11.4. The summed E-state index contributed by atoms with van der Waals surface area (Å²) in [6.07, 6.45) is 5.05. The minimum absolute atomic E-state index is 0.0938. The van der Waals surface area contributed by atoms with Gasteiger partial charge in [-0.2, -0.15) is 0 Å². The van der Waals surface area contributed by atoms with Crippen molar-refractivity contribution in [3.8, 4) is 5.75 Å². The lowest BCUT2D eigenvalue weighted by molar-refractivity contribution is 0.0127. The number of aromatic nitrogens is 1. The monoisotopic (exact) mass is 328 g/mol. The van der Waals surface area contributed by atoms with Crippen molar-refractivity contribution in [2.75, 3.05) is 13.1 Å². The fourth-order valence-corrected chi connectivity index (χ4v) is 2.84. The van der Waals surface area contributed by atoms with Gasteiger partial charge in [0.05, 0.1) is 6.20 Å². The van der Waals surface area contributed by atoms with Crippen LogP contribution in [0.25, 0.3) is 10.8 Å². The van der Waals surface area contributed by atoms with Crippen molar-refractivity contribution in [1.29, 1.82) is 0 Å². The zero-order valence-electron chi connectivity index (χ0n) is 14.5. The number of likely N-dealkylation sites (tertiary alicyclic amines) is 1. The highest BCUT2D eigenvalue weighted by atomic mass is 16.6. The molecule has 1 aliphatic heterocycles. The lowest BCUT2D eigenvalue weighted by Gasteiger charge is -2.33. The molecule has 0 aliphatic carbocycles. The second kappa shape index (κ2) is 6.67. The van der Waals surface area contributed by atoms with Gasteiger partial charge in [0.25, 0.3) is 0 Å². The van der Waals surface area contributed by atoms with E-state index in [9.17, 15) is 4.79 Å². The molecule has 2 heterocycles. The highest BCUT2D eigenvalue weighted by Gasteiger charge is 2.27. The summed E-state index contributed by atoms with van der Waals surface area (Å²) in [6, 6.07) is 8.07. The van der Waals surface area contributed by atoms with E-state index in [1.165, 1.54) is 0 Å². The Morgan fingerprint density at radius 3 is 2.58 bits per heavy atom. The molecular formula is C19H24N2O3. The molecule has 1 saturated heterocycles. The summed E-state index contributed by atoms with van der Waals surface area (Å²) in [6.45, 7) is 6.95. The minimum Gasteiger partial charge on any atom is -0.488 e. The molecule has 24 heavy (non-hydrogen) atoms. The number of benzene rings is 1. The highest BCUT2D eigenvalue weighted by molar-refractivity contribution is 5.87. The van der Waals surface area contributed by atoms with Crippen LogP contribution in [0.2, 0.25) is 0 Å². The van der Waals surface area contributed by atoms with E-state index in [1.807, 2.05) is 51.2 Å². The summed E-state index contributed by atoms with van der Waals surface area (Å²) in [4.78, 5) is 18.1. The number of ether oxygens (including phenoxy) is 2. The summed E-state index contributed by atoms with van der Waals surface area (Å²) >= 11 is 0. The maximum Gasteiger partial charge on any atom is 0.410 e. The molecule has 0 spiro atoms. The Balaban J connectivity index is 1.60. The molecule has 0 saturated carbocycles. The molecule has 0 bridgehead atoms. The Morgan fingerprint density at radius 1 is 1.17 bits per heavy atom. The predicted octanol–water partition coefficient (Wildman–Crippen LogP) is 4.01. The van der Waals surface area contributed by atoms with Gasteiger partial charge in [-0.15, -0.1) is 0 Å². The van der Waals surface area contributed by atoms with Crippen molar-refractivity contribution >= 4 is 16.9 Å². The van der Waals surface area contributed by atoms with Gasteiger partial charge in [0.15, 0.2) is 0 Å². The Labute approximate surface area is 142 Å². The lowest BCUT2D eigenvalue weighted by atomic mass is 10.1. The molecule has 5 heteroatoms. The van der Waals surface area contributed by atoms with Crippen LogP contribution in [0.3, 0.4) is 0 Å². The first-order valence-electron chi connectivity index (χ1n) is 8.40. The zero-order chi connectivity index (χ0) is 17.2. The second-order valence-electron chi connectivity index (χ2n) is 7.14. The fourth-order valence-electron chi connectivity index (χ4n) is 2.84. The number of pyridine rings is 1. The molecule has 0 unspecified atom stereocenters. The third-order valence-corrected chi connectivity index (χ3v) is 4.02. The van der Waals surface area contributed by atoms with E-state index in [0.717, 1.165) is 29.4 Å². The number of amides is 1. The molecule has 3 rings (SSSR count). The number of fused-ring (bicyclic) bond motifs is 1. The number of rotatable bonds is 2. The summed E-state index contributed by atoms with van der Waals surface area (Å²) in [5, 5.41) is 2.14. The van der Waals surface area contributed by atoms with Crippen LogP contribution in [0, 0.1) is 0 Å². The molecule has 1 fully saturated rings. The zero-order valence-corrected chi connectivity index (χ0v) is 14.5. The summed E-state index contributed by atoms with van der Waals surface area (Å²) in [7, 11) is 0. The summed E-state index contributed by atoms with van der Waals surface area (Å²) in [5.74, 6) is 0.809. The minimum atomic E-state index is -0.459. The SMILES string of the molecule is CC(C)(C)OC(=O)N1CCC(Oc2cncc3ccccc23)CC1. The first kappa shape index (κ1) is 16.6. The van der Waals surface area contributed by atoms with Gasteiger partial charge in [0, 0.05) is 42.9 Å². The molecule has 1 aliphatic rings. The van der Waals surface area contributed by atoms with Crippen LogP contribution >= 0.6 is 0 Å². The maximum atomic E-state index is 12.1. The average Bonchev–Trinajstić information content (AvgIpc) is 2.54. The van der Waals surface area contributed by atoms with Crippen molar-refractivity contribution in [2.45, 2.75) is 45.3 Å². The Morgan fingerprint density at radius 2 is 1.88 bits per heavy atom. The molecule has 1 aromatic heterocycles. The van der Waals surface area contributed by atoms with Gasteiger partial charge in [-0.05, 0) is 20.8 Å². The van der Waals surface area contributed by atoms with Gasteiger partial charge in [-0.25, -0.2) is 4.79 Å². The van der Waals surface area contributed by atoms with Gasteiger partial charge in [0.1, 0.15) is 17.5 Å². The molecule has 1 aromatic carbocycles. The first-order valence-corrected chi connectivity index (χ1v) is 8.40. The fraction of sp³-hybridized carbons (Fsp3) is 0.474. The molecule has 0 radical (unpaired) electrons. The standard InChI is InChI=1S/C19H24N2O3/c1-19(2,3)24-18(22)21-10-8-15(9-11-21)23-17-13-20-12-14-6-4-5-7-16(14)17/h4-7,12-13,15H,8-11H2,1-3H3. The van der Waals surface area contributed by atoms with Crippen LogP contribution < -0.4 is 4.74 Å². The Bertz CT molecular complexity index is 711. The maximum absolute atomic E-state index is 12.1. The molecule has 0 N–H and O–H groups in total. The highest BCUT2D eigenvalue weighted by Crippen LogP contribution is 2.27. The topological polar surface area (TPSA) is 51.7 Å². The van der Waals surface area contributed by atoms with Gasteiger partial charge >= 0.3 is 6.09 Å². The van der Waals surface area contributed by atoms with Crippen molar-refractivity contribution in [3.63, 3.8) is 0 Å². The molecule has 1 amide bonds. The number of carbonyl (C=O) groups is 1. The molecule has 0 atom stereocenters. The smallest absolute Gasteiger partial charge is 0.410 e. The van der Waals surface area contributed by atoms with Gasteiger partial charge in [-0.1, -0.05) is 24.3 Å². The largest absolute Gasteiger partial charge is 0.488 e. The third kappa shape index (κ3) is 3.96. The molecule has 2 aromatic rings. The van der Waals surface area contributed by atoms with Crippen molar-refractivity contribution < 1.29 is 14.3 Å². The summed E-state index contributed by atoms with van der Waals surface area (Å²) in [5.41, 5.74) is -0.459. The van der Waals surface area contributed by atoms with E-state index in [-0.39, 0.29) is 12.2 Å². The second-order valence-corrected chi connectivity index (χ2v) is 7.14. The van der Waals surface area contributed by atoms with E-state index in [4.69, 9.17) is 9.47 Å². The Hall–Kier alpha value is -2.30. The molecule has 128 valence electrons. The average molecular weight is 328 g/mol. The van der Waals surface area contributed by atoms with Crippen LogP contribution in [-0.4, -0.2) is 40.8 Å². The van der Waals surface area contributed by atoms with Crippen molar-refractivity contribution in [1.82, 2.24) is 9.88 Å². The predicted molar refractivity (Wildman–Crippen MR) is 93.2 cm³/mol. The number of piperidine rings is 1. The van der Waals surface area contributed by atoms with Crippen molar-refractivity contribution in [3.05, 3.63) is 36.7 Å². The van der Waals surface area contributed by atoms with Gasteiger partial charge in [0.2, 0.25) is 0 Å². The van der Waals surface area contributed by atoms with Crippen LogP contribution in [0.5, 0.6) is 5.75 Å². The number of hydrogen-bond donors (Lipinski definition) is 0. The molecule has 5 nitrogen and oxygen atoms in total. The molecular weight excluding hydrogens is 304 g/mol. The van der Waals surface area contributed by atoms with Crippen molar-refractivity contribution in [2.24, 2.45) is 0 Å². The van der Waals surface area contributed by atoms with E-state index in [2.05, 4.69) is 4.98 Å². The number of carbonyl (C=O) groups excluding carboxylic acids is 1. The van der Waals surface area contributed by atoms with Gasteiger partial charge < -0.3 is 14.4 Å². The summed E-state index contributed by atoms with van der Waals surface area (Å²) < 4.78 is 11.6. The van der Waals surface area contributed by atoms with E-state index in [1.54, 1.807) is 11.1 Å². The van der Waals surface area contributed by atoms with E-state index >= 15 is 0 Å². The van der Waals surface area contributed by atoms with Gasteiger partial charge in [-0.3, -0.25) is 4.98 Å². The van der Waals surface area contributed by atoms with E-state index in [0.29, 0.717) is 13.1 Å². The van der Waals surface area contributed by atoms with Crippen LogP contribution in [-0.2, 0) is 4.74 Å². The van der Waals surface area contributed by atoms with Crippen LogP contribution in [0.4, 0.5) is 4.79 Å². The lowest BCUT2D eigenvalue weighted by Crippen LogP contribution is -2.44. The normalized spacial score (nSPS) is 16.2. The Kier molecular flexibility index (Phi) is 4.60. The van der Waals surface area contributed by atoms with E-state index < -0.39 is 5.60 Å². The third-order valence-electron chi connectivity index (χ3n) is 4.02. The number of hydrogen-bond acceptors (Lipinski definition) is 4. The quantitative estimate of drug-likeness (QED) is 0.836. The number of nitrogens with zero attached hydrogens (tertiary/aromatic N) is 2. The van der Waals surface area contributed by atoms with Crippen LogP contribution in [0.1, 0.15) is 33.6 Å². The van der Waals surface area contributed by atoms with Crippen LogP contribution in [0.15, 0.2) is 36.7 Å².